The molecule has 0 bridgehead atoms. The smallest absolute Gasteiger partial charge is 0.252 e. The minimum absolute atomic E-state index is 0.0742. The van der Waals surface area contributed by atoms with Crippen LogP contribution in [0.5, 0.6) is 5.75 Å². The fraction of sp³-hybridized carbons (Fsp3) is 0.407. The highest BCUT2D eigenvalue weighted by Crippen LogP contribution is 2.22. The van der Waals surface area contributed by atoms with E-state index in [2.05, 4.69) is 38.4 Å². The second-order valence-electron chi connectivity index (χ2n) is 9.52. The normalized spacial score (nSPS) is 15.7. The van der Waals surface area contributed by atoms with Crippen molar-refractivity contribution in [3.8, 4) is 5.75 Å². The Morgan fingerprint density at radius 1 is 1.11 bits per heavy atom. The molecule has 9 nitrogen and oxygen atoms in total. The molecule has 0 spiro atoms. The van der Waals surface area contributed by atoms with Crippen LogP contribution < -0.4 is 10.3 Å². The molecule has 2 aromatic heterocycles. The van der Waals surface area contributed by atoms with Gasteiger partial charge in [0.2, 0.25) is 0 Å². The van der Waals surface area contributed by atoms with Crippen molar-refractivity contribution in [3.63, 3.8) is 0 Å². The first-order chi connectivity index (χ1) is 17.5. The number of methoxy groups -OCH3 is 1. The molecular formula is C27H32N6O3. The van der Waals surface area contributed by atoms with Gasteiger partial charge < -0.3 is 14.5 Å². The molecule has 1 atom stereocenters. The molecular weight excluding hydrogens is 456 g/mol. The van der Waals surface area contributed by atoms with E-state index in [1.807, 2.05) is 48.0 Å². The van der Waals surface area contributed by atoms with Crippen LogP contribution in [0.3, 0.4) is 0 Å². The molecule has 1 N–H and O–H groups in total. The van der Waals surface area contributed by atoms with Crippen molar-refractivity contribution in [2.45, 2.75) is 59.0 Å². The third-order valence-corrected chi connectivity index (χ3v) is 6.85. The van der Waals surface area contributed by atoms with Crippen molar-refractivity contribution in [1.29, 1.82) is 0 Å². The summed E-state index contributed by atoms with van der Waals surface area (Å²) in [6.07, 6.45) is 2.21. The third kappa shape index (κ3) is 5.32. The number of hydrogen-bond acceptors (Lipinski definition) is 7. The summed E-state index contributed by atoms with van der Waals surface area (Å²) in [6.45, 7) is 7.08. The average molecular weight is 489 g/mol. The Labute approximate surface area is 210 Å². The number of benzene rings is 2. The molecule has 0 radical (unpaired) electrons. The third-order valence-electron chi connectivity index (χ3n) is 6.85. The van der Waals surface area contributed by atoms with Crippen LogP contribution in [0.15, 0.2) is 47.3 Å². The van der Waals surface area contributed by atoms with Crippen LogP contribution >= 0.6 is 0 Å². The van der Waals surface area contributed by atoms with E-state index in [4.69, 9.17) is 9.47 Å². The van der Waals surface area contributed by atoms with Gasteiger partial charge in [-0.3, -0.25) is 9.69 Å². The number of aryl methyl sites for hydroxylation is 2. The zero-order chi connectivity index (χ0) is 25.1. The molecule has 1 fully saturated rings. The first-order valence-electron chi connectivity index (χ1n) is 12.3. The van der Waals surface area contributed by atoms with Crippen molar-refractivity contribution >= 4 is 10.9 Å². The molecule has 1 saturated heterocycles. The van der Waals surface area contributed by atoms with Crippen LogP contribution in [-0.4, -0.2) is 49.9 Å². The van der Waals surface area contributed by atoms with E-state index < -0.39 is 0 Å². The molecule has 188 valence electrons. The standard InChI is InChI=1S/C27H32N6O3/c1-18-6-7-19(2)26-24(18)13-21(27(34)28-26)15-32(14-20-8-10-22(35-3)11-9-20)17-25-29-30-31-33(25)16-23-5-4-12-36-23/h6-11,13,23H,4-5,12,14-17H2,1-3H3,(H,28,34)/t23-/m1/s1. The van der Waals surface area contributed by atoms with Crippen molar-refractivity contribution in [2.24, 2.45) is 0 Å². The number of rotatable bonds is 9. The Hall–Kier alpha value is -3.56. The molecule has 3 heterocycles. The maximum Gasteiger partial charge on any atom is 0.252 e. The summed E-state index contributed by atoms with van der Waals surface area (Å²) in [7, 11) is 1.66. The first-order valence-corrected chi connectivity index (χ1v) is 12.3. The first kappa shape index (κ1) is 24.1. The summed E-state index contributed by atoms with van der Waals surface area (Å²) in [4.78, 5) is 18.4. The topological polar surface area (TPSA) is 98.2 Å². The van der Waals surface area contributed by atoms with Gasteiger partial charge >= 0.3 is 0 Å². The van der Waals surface area contributed by atoms with Crippen LogP contribution in [0.25, 0.3) is 10.9 Å². The Morgan fingerprint density at radius 3 is 2.67 bits per heavy atom. The Balaban J connectivity index is 1.44. The van der Waals surface area contributed by atoms with Crippen LogP contribution in [0, 0.1) is 13.8 Å². The van der Waals surface area contributed by atoms with Gasteiger partial charge in [0.05, 0.1) is 31.8 Å². The Bertz CT molecular complexity index is 1390. The second kappa shape index (κ2) is 10.6. The van der Waals surface area contributed by atoms with Gasteiger partial charge in [-0.25, -0.2) is 4.68 Å². The molecule has 1 aliphatic heterocycles. The zero-order valence-corrected chi connectivity index (χ0v) is 21.0. The van der Waals surface area contributed by atoms with Gasteiger partial charge in [0, 0.05) is 30.6 Å². The second-order valence-corrected chi connectivity index (χ2v) is 9.52. The number of tetrazole rings is 1. The minimum atomic E-state index is -0.0742. The van der Waals surface area contributed by atoms with E-state index in [0.29, 0.717) is 31.7 Å². The van der Waals surface area contributed by atoms with Gasteiger partial charge in [-0.1, -0.05) is 24.3 Å². The highest BCUT2D eigenvalue weighted by Gasteiger charge is 2.21. The summed E-state index contributed by atoms with van der Waals surface area (Å²) >= 11 is 0. The number of aromatic nitrogens is 5. The summed E-state index contributed by atoms with van der Waals surface area (Å²) in [6, 6.07) is 14.1. The largest absolute Gasteiger partial charge is 0.497 e. The fourth-order valence-corrected chi connectivity index (χ4v) is 4.79. The van der Waals surface area contributed by atoms with E-state index >= 15 is 0 Å². The Kier molecular flexibility index (Phi) is 7.11. The lowest BCUT2D eigenvalue weighted by Gasteiger charge is -2.22. The monoisotopic (exact) mass is 488 g/mol. The van der Waals surface area contributed by atoms with Crippen molar-refractivity contribution in [3.05, 3.63) is 80.9 Å². The number of fused-ring (bicyclic) bond motifs is 1. The number of ether oxygens (including phenoxy) is 2. The lowest BCUT2D eigenvalue weighted by Crippen LogP contribution is -2.29. The highest BCUT2D eigenvalue weighted by molar-refractivity contribution is 5.85. The molecule has 9 heteroatoms. The number of aromatic amines is 1. The predicted octanol–water partition coefficient (Wildman–Crippen LogP) is 3.52. The van der Waals surface area contributed by atoms with Gasteiger partial charge in [-0.05, 0) is 72.0 Å². The molecule has 0 aliphatic carbocycles. The molecule has 36 heavy (non-hydrogen) atoms. The lowest BCUT2D eigenvalue weighted by molar-refractivity contribution is 0.0914. The van der Waals surface area contributed by atoms with Gasteiger partial charge in [0.1, 0.15) is 5.75 Å². The highest BCUT2D eigenvalue weighted by atomic mass is 16.5. The van der Waals surface area contributed by atoms with Gasteiger partial charge in [-0.15, -0.1) is 5.10 Å². The van der Waals surface area contributed by atoms with Gasteiger partial charge in [0.25, 0.3) is 5.56 Å². The van der Waals surface area contributed by atoms with E-state index in [0.717, 1.165) is 58.6 Å². The number of pyridine rings is 1. The Morgan fingerprint density at radius 2 is 1.92 bits per heavy atom. The van der Waals surface area contributed by atoms with E-state index in [-0.39, 0.29) is 11.7 Å². The maximum atomic E-state index is 13.1. The van der Waals surface area contributed by atoms with Crippen LogP contribution in [0.1, 0.15) is 40.9 Å². The van der Waals surface area contributed by atoms with Crippen LogP contribution in [0.2, 0.25) is 0 Å². The molecule has 0 saturated carbocycles. The van der Waals surface area contributed by atoms with Crippen molar-refractivity contribution in [2.75, 3.05) is 13.7 Å². The quantitative estimate of drug-likeness (QED) is 0.385. The SMILES string of the molecule is COc1ccc(CN(Cc2cc3c(C)ccc(C)c3[nH]c2=O)Cc2nnnn2C[C@H]2CCCO2)cc1. The molecule has 5 rings (SSSR count). The number of nitrogens with zero attached hydrogens (tertiary/aromatic N) is 5. The number of H-pyrrole nitrogens is 1. The average Bonchev–Trinajstić information content (AvgIpc) is 3.55. The molecule has 1 aliphatic rings. The maximum absolute atomic E-state index is 13.1. The number of nitrogens with one attached hydrogen (secondary N) is 1. The van der Waals surface area contributed by atoms with E-state index in [1.165, 1.54) is 0 Å². The van der Waals surface area contributed by atoms with E-state index in [1.54, 1.807) is 7.11 Å². The molecule has 2 aromatic carbocycles. The summed E-state index contributed by atoms with van der Waals surface area (Å²) in [5, 5.41) is 13.5. The number of hydrogen-bond donors (Lipinski definition) is 1. The van der Waals surface area contributed by atoms with E-state index in [9.17, 15) is 4.79 Å². The van der Waals surface area contributed by atoms with Crippen molar-refractivity contribution in [1.82, 2.24) is 30.1 Å². The summed E-state index contributed by atoms with van der Waals surface area (Å²) in [5.41, 5.74) is 4.83. The van der Waals surface area contributed by atoms with Gasteiger partial charge in [0.15, 0.2) is 5.82 Å². The molecule has 0 amide bonds. The summed E-state index contributed by atoms with van der Waals surface area (Å²) in [5.74, 6) is 1.56. The van der Waals surface area contributed by atoms with Crippen LogP contribution in [0.4, 0.5) is 0 Å². The summed E-state index contributed by atoms with van der Waals surface area (Å²) < 4.78 is 12.9. The van der Waals surface area contributed by atoms with Crippen molar-refractivity contribution < 1.29 is 9.47 Å². The fourth-order valence-electron chi connectivity index (χ4n) is 4.79. The predicted molar refractivity (Wildman–Crippen MR) is 137 cm³/mol. The minimum Gasteiger partial charge on any atom is -0.497 e. The van der Waals surface area contributed by atoms with Gasteiger partial charge in [-0.2, -0.15) is 0 Å². The molecule has 0 unspecified atom stereocenters. The lowest BCUT2D eigenvalue weighted by atomic mass is 10.0. The molecule has 4 aromatic rings. The van der Waals surface area contributed by atoms with Crippen LogP contribution in [-0.2, 0) is 30.9 Å². The zero-order valence-electron chi connectivity index (χ0n) is 21.0.